The van der Waals surface area contributed by atoms with Crippen LogP contribution in [0.2, 0.25) is 5.02 Å². The molecular weight excluding hydrogens is 408 g/mol. The van der Waals surface area contributed by atoms with E-state index in [1.807, 2.05) is 54.6 Å². The molecule has 0 bridgehead atoms. The predicted octanol–water partition coefficient (Wildman–Crippen LogP) is 3.13. The number of ether oxygens (including phenoxy) is 1. The molecule has 0 aliphatic carbocycles. The summed E-state index contributed by atoms with van der Waals surface area (Å²) in [7, 11) is 1.97. The van der Waals surface area contributed by atoms with Gasteiger partial charge in [-0.15, -0.1) is 10.2 Å². The van der Waals surface area contributed by atoms with E-state index in [9.17, 15) is 0 Å². The number of aliphatic imine (C=N–C) groups is 1. The lowest BCUT2D eigenvalue weighted by Crippen LogP contribution is -2.41. The van der Waals surface area contributed by atoms with Gasteiger partial charge >= 0.3 is 0 Å². The molecule has 0 amide bonds. The second-order valence-electron chi connectivity index (χ2n) is 7.04. The van der Waals surface area contributed by atoms with E-state index in [0.29, 0.717) is 11.6 Å². The Labute approximate surface area is 181 Å². The number of nitrogens with one attached hydrogen (secondary N) is 1. The molecule has 1 aromatic heterocycles. The van der Waals surface area contributed by atoms with Crippen LogP contribution in [0.15, 0.2) is 29.3 Å². The van der Waals surface area contributed by atoms with Crippen LogP contribution in [0.1, 0.15) is 24.5 Å². The Kier molecular flexibility index (Phi) is 8.06. The van der Waals surface area contributed by atoms with Crippen molar-refractivity contribution in [3.8, 4) is 5.75 Å². The van der Waals surface area contributed by atoms with Crippen LogP contribution in [0.4, 0.5) is 0 Å². The number of likely N-dealkylation sites (tertiary alicyclic amines) is 1. The Bertz CT molecular complexity index is 827. The lowest BCUT2D eigenvalue weighted by molar-refractivity contribution is 0.214. The number of hydrogen-bond acceptors (Lipinski definition) is 5. The van der Waals surface area contributed by atoms with Gasteiger partial charge in [-0.05, 0) is 37.5 Å². The van der Waals surface area contributed by atoms with Crippen LogP contribution in [-0.4, -0.2) is 63.4 Å². The second-order valence-corrected chi connectivity index (χ2v) is 8.43. The molecule has 2 aromatic rings. The fourth-order valence-electron chi connectivity index (χ4n) is 3.16. The molecule has 0 spiro atoms. The first kappa shape index (κ1) is 21.8. The molecule has 0 radical (unpaired) electrons. The van der Waals surface area contributed by atoms with Crippen LogP contribution >= 0.6 is 23.4 Å². The molecule has 1 N–H and O–H groups in total. The van der Waals surface area contributed by atoms with Gasteiger partial charge in [0.15, 0.2) is 11.8 Å². The number of para-hydroxylation sites is 1. The monoisotopic (exact) mass is 436 g/mol. The number of thioether (sulfide) groups is 1. The minimum atomic E-state index is 0.0881. The average molecular weight is 437 g/mol. The minimum absolute atomic E-state index is 0.0881. The van der Waals surface area contributed by atoms with Crippen LogP contribution in [0.3, 0.4) is 0 Å². The predicted molar refractivity (Wildman–Crippen MR) is 120 cm³/mol. The average Bonchev–Trinajstić information content (AvgIpc) is 3.31. The molecule has 2 heterocycles. The molecule has 3 rings (SSSR count). The number of benzene rings is 1. The SMILES string of the molecule is CSCCCNC(=NCc1nnc(C)n1C)N1CCC(Oc2ccccc2Cl)C1. The van der Waals surface area contributed by atoms with Crippen molar-refractivity contribution in [2.24, 2.45) is 12.0 Å². The van der Waals surface area contributed by atoms with Gasteiger partial charge in [-0.1, -0.05) is 23.7 Å². The van der Waals surface area contributed by atoms with Gasteiger partial charge in [0.1, 0.15) is 24.2 Å². The van der Waals surface area contributed by atoms with E-state index < -0.39 is 0 Å². The molecule has 1 aliphatic heterocycles. The molecule has 1 atom stereocenters. The molecule has 1 aromatic carbocycles. The first-order chi connectivity index (χ1) is 14.1. The number of halogens is 1. The van der Waals surface area contributed by atoms with Gasteiger partial charge in [-0.2, -0.15) is 11.8 Å². The molecule has 1 saturated heterocycles. The molecule has 29 heavy (non-hydrogen) atoms. The summed E-state index contributed by atoms with van der Waals surface area (Å²) >= 11 is 8.10. The Morgan fingerprint density at radius 3 is 2.93 bits per heavy atom. The van der Waals surface area contributed by atoms with E-state index in [2.05, 4.69) is 26.7 Å². The Hall–Kier alpha value is -1.93. The molecule has 0 saturated carbocycles. The van der Waals surface area contributed by atoms with Gasteiger partial charge in [0.2, 0.25) is 0 Å². The van der Waals surface area contributed by atoms with Crippen molar-refractivity contribution in [2.75, 3.05) is 31.6 Å². The highest BCUT2D eigenvalue weighted by Gasteiger charge is 2.27. The van der Waals surface area contributed by atoms with E-state index in [0.717, 1.165) is 61.6 Å². The molecule has 7 nitrogen and oxygen atoms in total. The van der Waals surface area contributed by atoms with Gasteiger partial charge in [0.25, 0.3) is 0 Å². The summed E-state index contributed by atoms with van der Waals surface area (Å²) in [6, 6.07) is 7.62. The summed E-state index contributed by atoms with van der Waals surface area (Å²) in [4.78, 5) is 7.08. The number of aryl methyl sites for hydroxylation is 1. The molecule has 9 heteroatoms. The van der Waals surface area contributed by atoms with E-state index in [1.54, 1.807) is 0 Å². The third-order valence-corrected chi connectivity index (χ3v) is 5.95. The van der Waals surface area contributed by atoms with Gasteiger partial charge in [-0.25, -0.2) is 4.99 Å². The van der Waals surface area contributed by atoms with Crippen LogP contribution in [0.5, 0.6) is 5.75 Å². The third-order valence-electron chi connectivity index (χ3n) is 4.94. The summed E-state index contributed by atoms with van der Waals surface area (Å²) < 4.78 is 8.10. The zero-order valence-electron chi connectivity index (χ0n) is 17.3. The molecule has 158 valence electrons. The largest absolute Gasteiger partial charge is 0.487 e. The Morgan fingerprint density at radius 2 is 2.21 bits per heavy atom. The summed E-state index contributed by atoms with van der Waals surface area (Å²) in [5, 5.41) is 12.5. The van der Waals surface area contributed by atoms with Crippen molar-refractivity contribution >= 4 is 29.3 Å². The van der Waals surface area contributed by atoms with E-state index in [-0.39, 0.29) is 6.10 Å². The van der Waals surface area contributed by atoms with Crippen molar-refractivity contribution in [3.05, 3.63) is 40.9 Å². The number of rotatable bonds is 8. The molecular formula is C20H29ClN6OS. The van der Waals surface area contributed by atoms with Crippen molar-refractivity contribution in [1.82, 2.24) is 25.0 Å². The highest BCUT2D eigenvalue weighted by Crippen LogP contribution is 2.26. The lowest BCUT2D eigenvalue weighted by Gasteiger charge is -2.22. The number of aromatic nitrogens is 3. The fraction of sp³-hybridized carbons (Fsp3) is 0.550. The van der Waals surface area contributed by atoms with Crippen LogP contribution < -0.4 is 10.1 Å². The summed E-state index contributed by atoms with van der Waals surface area (Å²) in [6.45, 7) is 5.00. The highest BCUT2D eigenvalue weighted by atomic mass is 35.5. The third kappa shape index (κ3) is 6.02. The van der Waals surface area contributed by atoms with Crippen molar-refractivity contribution in [2.45, 2.75) is 32.4 Å². The zero-order valence-corrected chi connectivity index (χ0v) is 18.8. The van der Waals surface area contributed by atoms with Gasteiger partial charge in [0.05, 0.1) is 11.6 Å². The van der Waals surface area contributed by atoms with Gasteiger partial charge in [0, 0.05) is 26.6 Å². The fourth-order valence-corrected chi connectivity index (χ4v) is 3.77. The van der Waals surface area contributed by atoms with Crippen LogP contribution in [0, 0.1) is 6.92 Å². The molecule has 1 unspecified atom stereocenters. The quantitative estimate of drug-likeness (QED) is 0.389. The van der Waals surface area contributed by atoms with Crippen molar-refractivity contribution < 1.29 is 4.74 Å². The van der Waals surface area contributed by atoms with E-state index >= 15 is 0 Å². The lowest BCUT2D eigenvalue weighted by atomic mass is 10.3. The highest BCUT2D eigenvalue weighted by molar-refractivity contribution is 7.98. The second kappa shape index (κ2) is 10.7. The zero-order chi connectivity index (χ0) is 20.6. The smallest absolute Gasteiger partial charge is 0.194 e. The van der Waals surface area contributed by atoms with Crippen LogP contribution in [-0.2, 0) is 13.6 Å². The summed E-state index contributed by atoms with van der Waals surface area (Å²) in [5.74, 6) is 4.51. The van der Waals surface area contributed by atoms with Crippen LogP contribution in [0.25, 0.3) is 0 Å². The topological polar surface area (TPSA) is 67.6 Å². The Balaban J connectivity index is 1.64. The summed E-state index contributed by atoms with van der Waals surface area (Å²) in [5.41, 5.74) is 0. The number of hydrogen-bond donors (Lipinski definition) is 1. The normalized spacial score (nSPS) is 17.0. The standard InChI is InChI=1S/C20H29ClN6OS/c1-15-24-25-19(26(15)2)13-23-20(22-10-6-12-29-3)27-11-9-16(14-27)28-18-8-5-4-7-17(18)21/h4-5,7-8,16H,6,9-14H2,1-3H3,(H,22,23). The number of guanidine groups is 1. The van der Waals surface area contributed by atoms with Gasteiger partial charge < -0.3 is 19.5 Å². The molecule has 1 fully saturated rings. The molecule has 1 aliphatic rings. The van der Waals surface area contributed by atoms with Crippen molar-refractivity contribution in [3.63, 3.8) is 0 Å². The van der Waals surface area contributed by atoms with E-state index in [4.69, 9.17) is 21.3 Å². The maximum absolute atomic E-state index is 6.24. The first-order valence-corrected chi connectivity index (χ1v) is 11.6. The first-order valence-electron chi connectivity index (χ1n) is 9.86. The Morgan fingerprint density at radius 1 is 1.38 bits per heavy atom. The minimum Gasteiger partial charge on any atom is -0.487 e. The van der Waals surface area contributed by atoms with Gasteiger partial charge in [-0.3, -0.25) is 0 Å². The van der Waals surface area contributed by atoms with Crippen molar-refractivity contribution in [1.29, 1.82) is 0 Å². The summed E-state index contributed by atoms with van der Waals surface area (Å²) in [6.07, 6.45) is 4.24. The maximum Gasteiger partial charge on any atom is 0.194 e. The number of nitrogens with zero attached hydrogens (tertiary/aromatic N) is 5. The maximum atomic E-state index is 6.24. The van der Waals surface area contributed by atoms with E-state index in [1.165, 1.54) is 0 Å².